The molecule has 17 heavy (non-hydrogen) atoms. The van der Waals surface area contributed by atoms with E-state index in [1.54, 1.807) is 11.3 Å². The monoisotopic (exact) mass is 252 g/mol. The minimum Gasteiger partial charge on any atom is -0.478 e. The number of carboxylic acid groups (broad SMARTS) is 1. The Labute approximate surface area is 105 Å². The second kappa shape index (κ2) is 5.93. The van der Waals surface area contributed by atoms with Crippen molar-refractivity contribution in [2.24, 2.45) is 0 Å². The first-order valence-corrected chi connectivity index (χ1v) is 6.70. The van der Waals surface area contributed by atoms with Gasteiger partial charge in [0, 0.05) is 24.4 Å². The average molecular weight is 252 g/mol. The standard InChI is InChI=1S/C12H16N2O2S/c15-12(16)4-3-10-9-17-11(13-10)5-8-14-6-1-2-7-14/h3-4,9H,1-2,5-8H2,(H,15,16)/b4-3+. The fourth-order valence-corrected chi connectivity index (χ4v) is 2.69. The van der Waals surface area contributed by atoms with Crippen LogP contribution in [-0.2, 0) is 11.2 Å². The van der Waals surface area contributed by atoms with Gasteiger partial charge in [0.1, 0.15) is 0 Å². The maximum absolute atomic E-state index is 10.4. The molecule has 4 nitrogen and oxygen atoms in total. The van der Waals surface area contributed by atoms with Gasteiger partial charge in [0.2, 0.25) is 0 Å². The summed E-state index contributed by atoms with van der Waals surface area (Å²) in [6.07, 6.45) is 6.25. The van der Waals surface area contributed by atoms with Crippen LogP contribution in [0.2, 0.25) is 0 Å². The fraction of sp³-hybridized carbons (Fsp3) is 0.500. The van der Waals surface area contributed by atoms with Crippen LogP contribution in [0.3, 0.4) is 0 Å². The van der Waals surface area contributed by atoms with Gasteiger partial charge in [-0.3, -0.25) is 0 Å². The summed E-state index contributed by atoms with van der Waals surface area (Å²) in [7, 11) is 0. The molecule has 0 atom stereocenters. The lowest BCUT2D eigenvalue weighted by Crippen LogP contribution is -2.21. The highest BCUT2D eigenvalue weighted by Gasteiger charge is 2.11. The summed E-state index contributed by atoms with van der Waals surface area (Å²) in [5.41, 5.74) is 0.744. The molecule has 0 saturated carbocycles. The summed E-state index contributed by atoms with van der Waals surface area (Å²) in [4.78, 5) is 17.2. The van der Waals surface area contributed by atoms with Gasteiger partial charge in [-0.1, -0.05) is 0 Å². The van der Waals surface area contributed by atoms with E-state index in [-0.39, 0.29) is 0 Å². The number of nitrogens with zero attached hydrogens (tertiary/aromatic N) is 2. The second-order valence-electron chi connectivity index (χ2n) is 4.14. The maximum Gasteiger partial charge on any atom is 0.328 e. The first-order valence-electron chi connectivity index (χ1n) is 5.82. The van der Waals surface area contributed by atoms with E-state index in [2.05, 4.69) is 9.88 Å². The molecule has 2 heterocycles. The van der Waals surface area contributed by atoms with E-state index in [1.165, 1.54) is 32.0 Å². The zero-order valence-electron chi connectivity index (χ0n) is 9.63. The number of thiazole rings is 1. The second-order valence-corrected chi connectivity index (χ2v) is 5.08. The lowest BCUT2D eigenvalue weighted by atomic mass is 10.4. The summed E-state index contributed by atoms with van der Waals surface area (Å²) in [5, 5.41) is 11.5. The molecule has 5 heteroatoms. The van der Waals surface area contributed by atoms with Crippen molar-refractivity contribution in [3.05, 3.63) is 22.2 Å². The Bertz CT molecular complexity index is 408. The van der Waals surface area contributed by atoms with Gasteiger partial charge in [0.05, 0.1) is 10.7 Å². The molecule has 0 aliphatic carbocycles. The Kier molecular flexibility index (Phi) is 4.28. The molecule has 1 aliphatic heterocycles. The highest BCUT2D eigenvalue weighted by molar-refractivity contribution is 7.09. The molecule has 1 saturated heterocycles. The zero-order valence-corrected chi connectivity index (χ0v) is 10.4. The van der Waals surface area contributed by atoms with E-state index in [0.717, 1.165) is 29.7 Å². The van der Waals surface area contributed by atoms with E-state index in [4.69, 9.17) is 5.11 Å². The first kappa shape index (κ1) is 12.3. The Morgan fingerprint density at radius 3 is 3.00 bits per heavy atom. The third kappa shape index (κ3) is 3.94. The number of rotatable bonds is 5. The maximum atomic E-state index is 10.4. The van der Waals surface area contributed by atoms with Crippen molar-refractivity contribution in [1.82, 2.24) is 9.88 Å². The van der Waals surface area contributed by atoms with E-state index in [1.807, 2.05) is 5.38 Å². The lowest BCUT2D eigenvalue weighted by Gasteiger charge is -2.12. The van der Waals surface area contributed by atoms with Crippen LogP contribution in [0.25, 0.3) is 6.08 Å². The molecule has 0 aromatic carbocycles. The van der Waals surface area contributed by atoms with Crippen molar-refractivity contribution in [2.45, 2.75) is 19.3 Å². The smallest absolute Gasteiger partial charge is 0.328 e. The third-order valence-corrected chi connectivity index (χ3v) is 3.73. The van der Waals surface area contributed by atoms with Gasteiger partial charge in [0.25, 0.3) is 0 Å². The van der Waals surface area contributed by atoms with Gasteiger partial charge in [-0.25, -0.2) is 9.78 Å². The molecule has 0 radical (unpaired) electrons. The predicted molar refractivity (Wildman–Crippen MR) is 68.2 cm³/mol. The van der Waals surface area contributed by atoms with Crippen LogP contribution in [0.15, 0.2) is 11.5 Å². The van der Waals surface area contributed by atoms with Crippen LogP contribution in [0, 0.1) is 0 Å². The number of aliphatic carboxylic acids is 1. The van der Waals surface area contributed by atoms with Gasteiger partial charge < -0.3 is 10.0 Å². The molecule has 92 valence electrons. The van der Waals surface area contributed by atoms with Gasteiger partial charge in [-0.2, -0.15) is 0 Å². The lowest BCUT2D eigenvalue weighted by molar-refractivity contribution is -0.131. The Hall–Kier alpha value is -1.20. The van der Waals surface area contributed by atoms with E-state index >= 15 is 0 Å². The van der Waals surface area contributed by atoms with Crippen LogP contribution in [0.4, 0.5) is 0 Å². The minimum absolute atomic E-state index is 0.744. The molecule has 0 amide bonds. The van der Waals surface area contributed by atoms with Crippen LogP contribution >= 0.6 is 11.3 Å². The molecule has 1 fully saturated rings. The normalized spacial score (nSPS) is 16.9. The van der Waals surface area contributed by atoms with Gasteiger partial charge >= 0.3 is 5.97 Å². The zero-order chi connectivity index (χ0) is 12.1. The van der Waals surface area contributed by atoms with Crippen molar-refractivity contribution in [2.75, 3.05) is 19.6 Å². The Balaban J connectivity index is 1.83. The van der Waals surface area contributed by atoms with Crippen molar-refractivity contribution in [1.29, 1.82) is 0 Å². The third-order valence-electron chi connectivity index (χ3n) is 2.81. The molecule has 1 N–H and O–H groups in total. The largest absolute Gasteiger partial charge is 0.478 e. The van der Waals surface area contributed by atoms with Crippen LogP contribution in [0.1, 0.15) is 23.5 Å². The molecule has 0 unspecified atom stereocenters. The first-order chi connectivity index (χ1) is 8.24. The quantitative estimate of drug-likeness (QED) is 0.813. The van der Waals surface area contributed by atoms with E-state index in [9.17, 15) is 4.79 Å². The molecule has 1 aliphatic rings. The van der Waals surface area contributed by atoms with Gasteiger partial charge in [-0.15, -0.1) is 11.3 Å². The molecule has 0 spiro atoms. The van der Waals surface area contributed by atoms with E-state index in [0.29, 0.717) is 0 Å². The van der Waals surface area contributed by atoms with Crippen molar-refractivity contribution < 1.29 is 9.90 Å². The summed E-state index contributed by atoms with van der Waals surface area (Å²) < 4.78 is 0. The summed E-state index contributed by atoms with van der Waals surface area (Å²) in [5.74, 6) is -0.934. The molecule has 1 aromatic rings. The summed E-state index contributed by atoms with van der Waals surface area (Å²) in [6, 6.07) is 0. The topological polar surface area (TPSA) is 53.4 Å². The fourth-order valence-electron chi connectivity index (χ4n) is 1.93. The molecular formula is C12H16N2O2S. The minimum atomic E-state index is -0.934. The average Bonchev–Trinajstić information content (AvgIpc) is 2.95. The molecular weight excluding hydrogens is 236 g/mol. The molecule has 2 rings (SSSR count). The Morgan fingerprint density at radius 2 is 2.29 bits per heavy atom. The number of carboxylic acids is 1. The van der Waals surface area contributed by atoms with Crippen LogP contribution in [0.5, 0.6) is 0 Å². The number of hydrogen-bond donors (Lipinski definition) is 1. The predicted octanol–water partition coefficient (Wildman–Crippen LogP) is 1.88. The summed E-state index contributed by atoms with van der Waals surface area (Å²) in [6.45, 7) is 3.48. The number of aromatic nitrogens is 1. The van der Waals surface area contributed by atoms with Gasteiger partial charge in [-0.05, 0) is 32.0 Å². The van der Waals surface area contributed by atoms with Crippen molar-refractivity contribution >= 4 is 23.4 Å². The highest BCUT2D eigenvalue weighted by Crippen LogP contribution is 2.14. The highest BCUT2D eigenvalue weighted by atomic mass is 32.1. The van der Waals surface area contributed by atoms with E-state index < -0.39 is 5.97 Å². The molecule has 1 aromatic heterocycles. The van der Waals surface area contributed by atoms with Gasteiger partial charge in [0.15, 0.2) is 0 Å². The van der Waals surface area contributed by atoms with Crippen molar-refractivity contribution in [3.63, 3.8) is 0 Å². The van der Waals surface area contributed by atoms with Crippen LogP contribution < -0.4 is 0 Å². The number of carbonyl (C=O) groups is 1. The number of hydrogen-bond acceptors (Lipinski definition) is 4. The summed E-state index contributed by atoms with van der Waals surface area (Å²) >= 11 is 1.60. The number of likely N-dealkylation sites (tertiary alicyclic amines) is 1. The Morgan fingerprint density at radius 1 is 1.53 bits per heavy atom. The van der Waals surface area contributed by atoms with Crippen molar-refractivity contribution in [3.8, 4) is 0 Å². The SMILES string of the molecule is O=C(O)/C=C/c1csc(CCN2CCCC2)n1. The van der Waals surface area contributed by atoms with Crippen LogP contribution in [-0.4, -0.2) is 40.6 Å². The molecule has 0 bridgehead atoms.